The van der Waals surface area contributed by atoms with Crippen LogP contribution in [0.1, 0.15) is 21.6 Å². The van der Waals surface area contributed by atoms with Gasteiger partial charge in [0, 0.05) is 17.7 Å². The third kappa shape index (κ3) is 2.61. The molecule has 4 nitrogen and oxygen atoms in total. The zero-order chi connectivity index (χ0) is 13.3. The summed E-state index contributed by atoms with van der Waals surface area (Å²) in [7, 11) is 1.80. The fourth-order valence-electron chi connectivity index (χ4n) is 1.75. The van der Waals surface area contributed by atoms with E-state index in [2.05, 4.69) is 26.3 Å². The van der Waals surface area contributed by atoms with Crippen molar-refractivity contribution in [2.24, 2.45) is 7.05 Å². The molecule has 0 aliphatic heterocycles. The van der Waals surface area contributed by atoms with Gasteiger partial charge in [-0.05, 0) is 47.5 Å². The SMILES string of the molecule is Cc1ccc(Br)c(NC(=O)c2cn(C)nc2C)c1. The number of hydrogen-bond donors (Lipinski definition) is 1. The van der Waals surface area contributed by atoms with Gasteiger partial charge in [0.05, 0.1) is 16.9 Å². The molecule has 1 aromatic carbocycles. The first kappa shape index (κ1) is 12.8. The molecule has 0 radical (unpaired) electrons. The van der Waals surface area contributed by atoms with Gasteiger partial charge < -0.3 is 5.32 Å². The van der Waals surface area contributed by atoms with E-state index in [1.165, 1.54) is 0 Å². The lowest BCUT2D eigenvalue weighted by Gasteiger charge is -2.07. The molecule has 2 aromatic rings. The molecule has 2 rings (SSSR count). The van der Waals surface area contributed by atoms with E-state index in [1.54, 1.807) is 17.9 Å². The molecule has 0 atom stereocenters. The number of rotatable bonds is 2. The second-order valence-corrected chi connectivity index (χ2v) is 5.09. The van der Waals surface area contributed by atoms with E-state index in [9.17, 15) is 4.79 Å². The number of aryl methyl sites for hydroxylation is 3. The van der Waals surface area contributed by atoms with E-state index in [0.29, 0.717) is 5.56 Å². The van der Waals surface area contributed by atoms with E-state index in [0.717, 1.165) is 21.4 Å². The van der Waals surface area contributed by atoms with E-state index >= 15 is 0 Å². The van der Waals surface area contributed by atoms with Gasteiger partial charge in [0.1, 0.15) is 0 Å². The molecule has 0 bridgehead atoms. The Morgan fingerprint density at radius 2 is 2.11 bits per heavy atom. The van der Waals surface area contributed by atoms with Crippen LogP contribution in [0.3, 0.4) is 0 Å². The lowest BCUT2D eigenvalue weighted by atomic mass is 10.2. The topological polar surface area (TPSA) is 46.9 Å². The lowest BCUT2D eigenvalue weighted by Crippen LogP contribution is -2.12. The van der Waals surface area contributed by atoms with Crippen molar-refractivity contribution < 1.29 is 4.79 Å². The molecule has 1 amide bonds. The van der Waals surface area contributed by atoms with E-state index in [-0.39, 0.29) is 5.91 Å². The van der Waals surface area contributed by atoms with Gasteiger partial charge in [0.25, 0.3) is 5.91 Å². The van der Waals surface area contributed by atoms with Gasteiger partial charge >= 0.3 is 0 Å². The summed E-state index contributed by atoms with van der Waals surface area (Å²) in [6.45, 7) is 3.80. The number of hydrogen-bond acceptors (Lipinski definition) is 2. The van der Waals surface area contributed by atoms with Crippen molar-refractivity contribution in [2.75, 3.05) is 5.32 Å². The highest BCUT2D eigenvalue weighted by Crippen LogP contribution is 2.24. The maximum Gasteiger partial charge on any atom is 0.259 e. The molecular weight excluding hydrogens is 294 g/mol. The number of benzene rings is 1. The molecule has 0 fully saturated rings. The highest BCUT2D eigenvalue weighted by atomic mass is 79.9. The average Bonchev–Trinajstić information content (AvgIpc) is 2.63. The minimum atomic E-state index is -0.146. The monoisotopic (exact) mass is 307 g/mol. The summed E-state index contributed by atoms with van der Waals surface area (Å²) in [4.78, 5) is 12.1. The number of halogens is 1. The zero-order valence-electron chi connectivity index (χ0n) is 10.5. The minimum Gasteiger partial charge on any atom is -0.321 e. The van der Waals surface area contributed by atoms with Crippen LogP contribution in [0, 0.1) is 13.8 Å². The molecule has 0 saturated heterocycles. The van der Waals surface area contributed by atoms with Crippen molar-refractivity contribution in [1.82, 2.24) is 9.78 Å². The normalized spacial score (nSPS) is 10.4. The Kier molecular flexibility index (Phi) is 3.52. The van der Waals surface area contributed by atoms with Crippen LogP contribution in [-0.4, -0.2) is 15.7 Å². The van der Waals surface area contributed by atoms with E-state index in [4.69, 9.17) is 0 Å². The first-order chi connectivity index (χ1) is 8.47. The highest BCUT2D eigenvalue weighted by Gasteiger charge is 2.13. The summed E-state index contributed by atoms with van der Waals surface area (Å²) in [5.74, 6) is -0.146. The molecule has 1 aromatic heterocycles. The van der Waals surface area contributed by atoms with Crippen molar-refractivity contribution in [3.63, 3.8) is 0 Å². The number of nitrogens with one attached hydrogen (secondary N) is 1. The molecule has 0 aliphatic rings. The maximum absolute atomic E-state index is 12.1. The van der Waals surface area contributed by atoms with Crippen molar-refractivity contribution >= 4 is 27.5 Å². The summed E-state index contributed by atoms with van der Waals surface area (Å²) >= 11 is 3.42. The Morgan fingerprint density at radius 1 is 1.39 bits per heavy atom. The van der Waals surface area contributed by atoms with Crippen LogP contribution in [0.5, 0.6) is 0 Å². The van der Waals surface area contributed by atoms with Crippen molar-refractivity contribution in [3.8, 4) is 0 Å². The number of carbonyl (C=O) groups is 1. The van der Waals surface area contributed by atoms with Gasteiger partial charge in [-0.2, -0.15) is 5.10 Å². The molecule has 5 heteroatoms. The largest absolute Gasteiger partial charge is 0.321 e. The third-order valence-electron chi connectivity index (χ3n) is 2.63. The summed E-state index contributed by atoms with van der Waals surface area (Å²) in [6.07, 6.45) is 1.72. The third-order valence-corrected chi connectivity index (χ3v) is 3.32. The van der Waals surface area contributed by atoms with Crippen LogP contribution in [0.4, 0.5) is 5.69 Å². The van der Waals surface area contributed by atoms with Crippen LogP contribution < -0.4 is 5.32 Å². The molecule has 1 N–H and O–H groups in total. The first-order valence-electron chi connectivity index (χ1n) is 5.55. The van der Waals surface area contributed by atoms with Crippen molar-refractivity contribution in [2.45, 2.75) is 13.8 Å². The Labute approximate surface area is 114 Å². The number of amides is 1. The van der Waals surface area contributed by atoms with Gasteiger partial charge in [-0.15, -0.1) is 0 Å². The molecule has 0 saturated carbocycles. The van der Waals surface area contributed by atoms with Crippen LogP contribution in [0.2, 0.25) is 0 Å². The van der Waals surface area contributed by atoms with Gasteiger partial charge in [0.2, 0.25) is 0 Å². The fourth-order valence-corrected chi connectivity index (χ4v) is 2.09. The standard InChI is InChI=1S/C13H14BrN3O/c1-8-4-5-11(14)12(6-8)15-13(18)10-7-17(3)16-9(10)2/h4-7H,1-3H3,(H,15,18). The summed E-state index contributed by atoms with van der Waals surface area (Å²) < 4.78 is 2.50. The number of anilines is 1. The molecular formula is C13H14BrN3O. The van der Waals surface area contributed by atoms with Gasteiger partial charge in [-0.1, -0.05) is 6.07 Å². The number of nitrogens with zero attached hydrogens (tertiary/aromatic N) is 2. The molecule has 0 unspecified atom stereocenters. The number of aromatic nitrogens is 2. The molecule has 1 heterocycles. The van der Waals surface area contributed by atoms with Crippen molar-refractivity contribution in [1.29, 1.82) is 0 Å². The Balaban J connectivity index is 2.26. The molecule has 0 spiro atoms. The van der Waals surface area contributed by atoms with Crippen LogP contribution >= 0.6 is 15.9 Å². The van der Waals surface area contributed by atoms with Crippen LogP contribution in [0.25, 0.3) is 0 Å². The summed E-state index contributed by atoms with van der Waals surface area (Å²) in [5, 5.41) is 7.04. The fraction of sp³-hybridized carbons (Fsp3) is 0.231. The zero-order valence-corrected chi connectivity index (χ0v) is 12.1. The predicted octanol–water partition coefficient (Wildman–Crippen LogP) is 3.05. The maximum atomic E-state index is 12.1. The smallest absolute Gasteiger partial charge is 0.259 e. The van der Waals surface area contributed by atoms with E-state index < -0.39 is 0 Å². The Hall–Kier alpha value is -1.62. The Morgan fingerprint density at radius 3 is 2.72 bits per heavy atom. The molecule has 0 aliphatic carbocycles. The second kappa shape index (κ2) is 4.94. The van der Waals surface area contributed by atoms with Crippen LogP contribution in [0.15, 0.2) is 28.9 Å². The van der Waals surface area contributed by atoms with Gasteiger partial charge in [-0.25, -0.2) is 0 Å². The molecule has 94 valence electrons. The first-order valence-corrected chi connectivity index (χ1v) is 6.34. The lowest BCUT2D eigenvalue weighted by molar-refractivity contribution is 0.102. The average molecular weight is 308 g/mol. The number of carbonyl (C=O) groups excluding carboxylic acids is 1. The van der Waals surface area contributed by atoms with Crippen LogP contribution in [-0.2, 0) is 7.05 Å². The van der Waals surface area contributed by atoms with Gasteiger partial charge in [-0.3, -0.25) is 9.48 Å². The highest BCUT2D eigenvalue weighted by molar-refractivity contribution is 9.10. The van der Waals surface area contributed by atoms with E-state index in [1.807, 2.05) is 32.0 Å². The quantitative estimate of drug-likeness (QED) is 0.927. The predicted molar refractivity (Wildman–Crippen MR) is 74.8 cm³/mol. The summed E-state index contributed by atoms with van der Waals surface area (Å²) in [6, 6.07) is 5.82. The van der Waals surface area contributed by atoms with Gasteiger partial charge in [0.15, 0.2) is 0 Å². The Bertz CT molecular complexity index is 604. The molecule has 18 heavy (non-hydrogen) atoms. The van der Waals surface area contributed by atoms with Crippen molar-refractivity contribution in [3.05, 3.63) is 45.7 Å². The minimum absolute atomic E-state index is 0.146. The second-order valence-electron chi connectivity index (χ2n) is 4.24. The summed E-state index contributed by atoms with van der Waals surface area (Å²) in [5.41, 5.74) is 3.17.